The Balaban J connectivity index is 1.67. The normalized spacial score (nSPS) is 11.1. The Hall–Kier alpha value is -3.90. The summed E-state index contributed by atoms with van der Waals surface area (Å²) < 4.78 is 0. The van der Waals surface area contributed by atoms with Gasteiger partial charge in [0.05, 0.1) is 5.69 Å². The van der Waals surface area contributed by atoms with Crippen molar-refractivity contribution in [2.45, 2.75) is 13.5 Å². The summed E-state index contributed by atoms with van der Waals surface area (Å²) in [7, 11) is 0. The van der Waals surface area contributed by atoms with Gasteiger partial charge in [0.25, 0.3) is 0 Å². The van der Waals surface area contributed by atoms with Crippen molar-refractivity contribution in [1.82, 2.24) is 24.9 Å². The predicted octanol–water partition coefficient (Wildman–Crippen LogP) is 4.52. The van der Waals surface area contributed by atoms with E-state index in [-0.39, 0.29) is 0 Å². The van der Waals surface area contributed by atoms with E-state index in [2.05, 4.69) is 38.1 Å². The van der Waals surface area contributed by atoms with Crippen molar-refractivity contribution in [3.8, 4) is 33.9 Å². The molecule has 6 heteroatoms. The number of nitrogens with two attached hydrogens (primary N) is 1. The molecule has 0 aliphatic heterocycles. The summed E-state index contributed by atoms with van der Waals surface area (Å²) >= 11 is 0. The van der Waals surface area contributed by atoms with Crippen LogP contribution in [0, 0.1) is 6.92 Å². The van der Waals surface area contributed by atoms with Gasteiger partial charge in [0.2, 0.25) is 0 Å². The second-order valence-electron chi connectivity index (χ2n) is 7.17. The Morgan fingerprint density at radius 2 is 1.73 bits per heavy atom. The largest absolute Gasteiger partial charge is 0.346 e. The zero-order chi connectivity index (χ0) is 20.5. The Kier molecular flexibility index (Phi) is 4.53. The first-order valence-corrected chi connectivity index (χ1v) is 9.75. The van der Waals surface area contributed by atoms with Crippen molar-refractivity contribution >= 4 is 11.0 Å². The smallest absolute Gasteiger partial charge is 0.180 e. The van der Waals surface area contributed by atoms with Gasteiger partial charge in [-0.2, -0.15) is 0 Å². The number of rotatable bonds is 4. The van der Waals surface area contributed by atoms with Crippen molar-refractivity contribution in [2.24, 2.45) is 5.73 Å². The Labute approximate surface area is 173 Å². The third kappa shape index (κ3) is 3.33. The molecule has 0 aliphatic rings. The standard InChI is InChI=1S/C24H20N6/c1-15-4-2-7-21(28-15)24-29-22(20-8-9-27-23(20)30-24)19-11-18(13-26-14-19)17-6-3-5-16(10-17)12-25/h2-11,13-14H,12,25H2,1H3,(H,27,29,30). The summed E-state index contributed by atoms with van der Waals surface area (Å²) in [5.74, 6) is 0.583. The molecule has 0 unspecified atom stereocenters. The number of nitrogens with zero attached hydrogens (tertiary/aromatic N) is 4. The first kappa shape index (κ1) is 18.1. The fraction of sp³-hybridized carbons (Fsp3) is 0.0833. The van der Waals surface area contributed by atoms with Crippen LogP contribution in [0.3, 0.4) is 0 Å². The van der Waals surface area contributed by atoms with Crippen LogP contribution in [0.25, 0.3) is 44.9 Å². The van der Waals surface area contributed by atoms with Crippen molar-refractivity contribution in [1.29, 1.82) is 0 Å². The van der Waals surface area contributed by atoms with E-state index in [9.17, 15) is 0 Å². The molecular formula is C24H20N6. The molecule has 0 aliphatic carbocycles. The third-order valence-electron chi connectivity index (χ3n) is 5.04. The van der Waals surface area contributed by atoms with Crippen molar-refractivity contribution < 1.29 is 0 Å². The minimum Gasteiger partial charge on any atom is -0.346 e. The number of fused-ring (bicyclic) bond motifs is 1. The lowest BCUT2D eigenvalue weighted by molar-refractivity contribution is 1.07. The molecule has 146 valence electrons. The van der Waals surface area contributed by atoms with E-state index in [1.54, 1.807) is 0 Å². The highest BCUT2D eigenvalue weighted by atomic mass is 15.0. The molecule has 4 heterocycles. The van der Waals surface area contributed by atoms with Crippen LogP contribution >= 0.6 is 0 Å². The summed E-state index contributed by atoms with van der Waals surface area (Å²) in [4.78, 5) is 21.8. The molecular weight excluding hydrogens is 372 g/mol. The first-order valence-electron chi connectivity index (χ1n) is 9.75. The van der Waals surface area contributed by atoms with E-state index in [1.165, 1.54) is 0 Å². The average Bonchev–Trinajstić information content (AvgIpc) is 3.27. The molecule has 1 aromatic carbocycles. The second-order valence-corrected chi connectivity index (χ2v) is 7.17. The lowest BCUT2D eigenvalue weighted by atomic mass is 10.0. The summed E-state index contributed by atoms with van der Waals surface area (Å²) in [6.45, 7) is 2.46. The van der Waals surface area contributed by atoms with Crippen LogP contribution in [0.15, 0.2) is 73.2 Å². The van der Waals surface area contributed by atoms with Crippen LogP contribution in [0.4, 0.5) is 0 Å². The van der Waals surface area contributed by atoms with Crippen LogP contribution in [0.5, 0.6) is 0 Å². The molecule has 0 amide bonds. The number of hydrogen-bond donors (Lipinski definition) is 2. The molecule has 0 saturated carbocycles. The number of benzene rings is 1. The summed E-state index contributed by atoms with van der Waals surface area (Å²) in [5, 5.41) is 0.945. The Morgan fingerprint density at radius 3 is 2.60 bits per heavy atom. The number of pyridine rings is 2. The molecule has 30 heavy (non-hydrogen) atoms. The second kappa shape index (κ2) is 7.50. The minimum atomic E-state index is 0.504. The summed E-state index contributed by atoms with van der Waals surface area (Å²) in [6.07, 6.45) is 5.56. The van der Waals surface area contributed by atoms with E-state index in [4.69, 9.17) is 10.7 Å². The third-order valence-corrected chi connectivity index (χ3v) is 5.04. The van der Waals surface area contributed by atoms with Crippen molar-refractivity contribution in [3.05, 3.63) is 84.4 Å². The lowest BCUT2D eigenvalue weighted by Crippen LogP contribution is -1.97. The quantitative estimate of drug-likeness (QED) is 0.469. The van der Waals surface area contributed by atoms with Gasteiger partial charge in [-0.25, -0.2) is 15.0 Å². The number of aryl methyl sites for hydroxylation is 1. The zero-order valence-corrected chi connectivity index (χ0v) is 16.5. The molecule has 0 bridgehead atoms. The van der Waals surface area contributed by atoms with Gasteiger partial charge < -0.3 is 10.7 Å². The molecule has 0 spiro atoms. The molecule has 3 N–H and O–H groups in total. The SMILES string of the molecule is Cc1cccc(-c2nc(-c3cncc(-c4cccc(CN)c4)c3)c3cc[nH]c3n2)n1. The van der Waals surface area contributed by atoms with Gasteiger partial charge in [-0.05, 0) is 48.4 Å². The van der Waals surface area contributed by atoms with E-state index >= 15 is 0 Å². The van der Waals surface area contributed by atoms with Crippen molar-refractivity contribution in [3.63, 3.8) is 0 Å². The van der Waals surface area contributed by atoms with Crippen LogP contribution in [0.1, 0.15) is 11.3 Å². The summed E-state index contributed by atoms with van der Waals surface area (Å²) in [5.41, 5.74) is 13.2. The predicted molar refractivity (Wildman–Crippen MR) is 118 cm³/mol. The maximum absolute atomic E-state index is 5.81. The number of H-pyrrole nitrogens is 1. The maximum atomic E-state index is 5.81. The molecule has 6 nitrogen and oxygen atoms in total. The molecule has 0 radical (unpaired) electrons. The van der Waals surface area contributed by atoms with Gasteiger partial charge in [-0.1, -0.05) is 24.3 Å². The molecule has 4 aromatic heterocycles. The van der Waals surface area contributed by atoms with Crippen LogP contribution in [-0.4, -0.2) is 24.9 Å². The van der Waals surface area contributed by atoms with Gasteiger partial charge in [-0.15, -0.1) is 0 Å². The highest BCUT2D eigenvalue weighted by molar-refractivity contribution is 5.92. The molecule has 0 saturated heterocycles. The van der Waals surface area contributed by atoms with Gasteiger partial charge in [0.15, 0.2) is 5.82 Å². The Morgan fingerprint density at radius 1 is 0.867 bits per heavy atom. The highest BCUT2D eigenvalue weighted by Crippen LogP contribution is 2.30. The molecule has 5 aromatic rings. The summed E-state index contributed by atoms with van der Waals surface area (Å²) in [6, 6.07) is 18.1. The van der Waals surface area contributed by atoms with Crippen LogP contribution in [-0.2, 0) is 6.54 Å². The number of aromatic nitrogens is 5. The van der Waals surface area contributed by atoms with E-state index in [1.807, 2.05) is 61.9 Å². The average molecular weight is 392 g/mol. The van der Waals surface area contributed by atoms with Gasteiger partial charge in [0, 0.05) is 47.3 Å². The van der Waals surface area contributed by atoms with E-state index in [0.29, 0.717) is 12.4 Å². The monoisotopic (exact) mass is 392 g/mol. The Bertz CT molecular complexity index is 1350. The number of hydrogen-bond acceptors (Lipinski definition) is 5. The molecule has 0 atom stereocenters. The zero-order valence-electron chi connectivity index (χ0n) is 16.5. The maximum Gasteiger partial charge on any atom is 0.180 e. The van der Waals surface area contributed by atoms with E-state index < -0.39 is 0 Å². The van der Waals surface area contributed by atoms with Gasteiger partial charge in [0.1, 0.15) is 11.3 Å². The van der Waals surface area contributed by atoms with Crippen molar-refractivity contribution in [2.75, 3.05) is 0 Å². The van der Waals surface area contributed by atoms with Crippen LogP contribution in [0.2, 0.25) is 0 Å². The van der Waals surface area contributed by atoms with Gasteiger partial charge in [-0.3, -0.25) is 4.98 Å². The highest BCUT2D eigenvalue weighted by Gasteiger charge is 2.14. The minimum absolute atomic E-state index is 0.504. The fourth-order valence-corrected chi connectivity index (χ4v) is 3.55. The fourth-order valence-electron chi connectivity index (χ4n) is 3.55. The number of nitrogens with one attached hydrogen (secondary N) is 1. The topological polar surface area (TPSA) is 93.4 Å². The number of aromatic amines is 1. The van der Waals surface area contributed by atoms with Gasteiger partial charge >= 0.3 is 0 Å². The van der Waals surface area contributed by atoms with E-state index in [0.717, 1.165) is 50.4 Å². The van der Waals surface area contributed by atoms with Crippen LogP contribution < -0.4 is 5.73 Å². The first-order chi connectivity index (χ1) is 14.7. The molecule has 5 rings (SSSR count). The lowest BCUT2D eigenvalue weighted by Gasteiger charge is -2.09. The molecule has 0 fully saturated rings.